The molecule has 0 unspecified atom stereocenters. The molecule has 5 rings (SSSR count). The van der Waals surface area contributed by atoms with Gasteiger partial charge in [0, 0.05) is 50.3 Å². The number of benzene rings is 1. The van der Waals surface area contributed by atoms with E-state index in [2.05, 4.69) is 10.3 Å². The van der Waals surface area contributed by atoms with Crippen LogP contribution in [0.4, 0.5) is 0 Å². The average Bonchev–Trinajstić information content (AvgIpc) is 3.48. The van der Waals surface area contributed by atoms with E-state index < -0.39 is 5.60 Å². The number of ether oxygens (including phenoxy) is 1. The lowest BCUT2D eigenvalue weighted by molar-refractivity contribution is -0.144. The minimum absolute atomic E-state index is 0.152. The van der Waals surface area contributed by atoms with Gasteiger partial charge in [0.25, 0.3) is 5.91 Å². The first-order valence-corrected chi connectivity index (χ1v) is 10.3. The van der Waals surface area contributed by atoms with Crippen LogP contribution in [0.3, 0.4) is 0 Å². The number of pyridine rings is 1. The molecule has 4 aromatic rings. The van der Waals surface area contributed by atoms with E-state index in [0.717, 1.165) is 33.5 Å². The van der Waals surface area contributed by atoms with Crippen molar-refractivity contribution < 1.29 is 19.2 Å². The number of likely N-dealkylation sites (N-methyl/N-ethyl adjacent to an activating group) is 1. The van der Waals surface area contributed by atoms with Crippen LogP contribution < -0.4 is 4.74 Å². The van der Waals surface area contributed by atoms with Gasteiger partial charge in [-0.1, -0.05) is 23.4 Å². The lowest BCUT2D eigenvalue weighted by Crippen LogP contribution is -2.35. The quantitative estimate of drug-likeness (QED) is 0.527. The second-order valence-electron chi connectivity index (χ2n) is 8.11. The van der Waals surface area contributed by atoms with E-state index in [1.807, 2.05) is 44.3 Å². The Morgan fingerprint density at radius 3 is 2.59 bits per heavy atom. The Bertz CT molecular complexity index is 1360. The van der Waals surface area contributed by atoms with Gasteiger partial charge in [-0.15, -0.1) is 0 Å². The molecule has 164 valence electrons. The molecule has 4 heterocycles. The van der Waals surface area contributed by atoms with Crippen LogP contribution in [0, 0.1) is 6.92 Å². The molecule has 32 heavy (non-hydrogen) atoms. The number of carbonyl (C=O) groups is 1. The van der Waals surface area contributed by atoms with Crippen molar-refractivity contribution in [3.05, 3.63) is 47.9 Å². The number of methoxy groups -OCH3 is 1. The molecule has 1 aliphatic heterocycles. The van der Waals surface area contributed by atoms with Gasteiger partial charge >= 0.3 is 0 Å². The summed E-state index contributed by atoms with van der Waals surface area (Å²) in [6, 6.07) is 11.2. The van der Waals surface area contributed by atoms with E-state index >= 15 is 0 Å². The zero-order valence-electron chi connectivity index (χ0n) is 18.3. The summed E-state index contributed by atoms with van der Waals surface area (Å²) in [5, 5.41) is 20.3. The molecule has 9 heteroatoms. The van der Waals surface area contributed by atoms with Crippen LogP contribution in [-0.2, 0) is 17.4 Å². The predicted octanol–water partition coefficient (Wildman–Crippen LogP) is 2.66. The summed E-state index contributed by atoms with van der Waals surface area (Å²) in [5.41, 5.74) is 2.82. The van der Waals surface area contributed by atoms with Gasteiger partial charge in [0.1, 0.15) is 11.4 Å². The van der Waals surface area contributed by atoms with Crippen molar-refractivity contribution in [1.82, 2.24) is 24.8 Å². The van der Waals surface area contributed by atoms with E-state index in [0.29, 0.717) is 18.0 Å². The molecule has 1 fully saturated rings. The minimum Gasteiger partial charge on any atom is -0.496 e. The first-order chi connectivity index (χ1) is 15.3. The van der Waals surface area contributed by atoms with Crippen LogP contribution in [0.1, 0.15) is 17.9 Å². The number of hydrogen-bond donors (Lipinski definition) is 1. The van der Waals surface area contributed by atoms with E-state index in [1.54, 1.807) is 24.9 Å². The van der Waals surface area contributed by atoms with E-state index in [9.17, 15) is 9.90 Å². The molecule has 1 amide bonds. The molecule has 3 aromatic heterocycles. The summed E-state index contributed by atoms with van der Waals surface area (Å²) in [5.74, 6) is 0.472. The number of rotatable bonds is 4. The molecular formula is C23H23N5O4. The Kier molecular flexibility index (Phi) is 4.52. The second-order valence-corrected chi connectivity index (χ2v) is 8.11. The third-order valence-corrected chi connectivity index (χ3v) is 6.03. The number of fused-ring (bicyclic) bond motifs is 1. The summed E-state index contributed by atoms with van der Waals surface area (Å²) >= 11 is 0. The summed E-state index contributed by atoms with van der Waals surface area (Å²) in [6.45, 7) is 2.39. The molecule has 1 saturated heterocycles. The Hall–Kier alpha value is -3.72. The highest BCUT2D eigenvalue weighted by molar-refractivity contribution is 5.89. The monoisotopic (exact) mass is 433 g/mol. The molecule has 1 aliphatic rings. The summed E-state index contributed by atoms with van der Waals surface area (Å²) in [6.07, 6.45) is 0.269. The van der Waals surface area contributed by atoms with Crippen molar-refractivity contribution >= 4 is 16.9 Å². The molecule has 1 atom stereocenters. The van der Waals surface area contributed by atoms with Gasteiger partial charge in [-0.3, -0.25) is 9.48 Å². The fraction of sp³-hybridized carbons (Fsp3) is 0.304. The zero-order chi connectivity index (χ0) is 22.6. The first-order valence-electron chi connectivity index (χ1n) is 10.3. The Balaban J connectivity index is 1.55. The first kappa shape index (κ1) is 20.2. The van der Waals surface area contributed by atoms with E-state index in [1.165, 1.54) is 4.90 Å². The number of carbonyl (C=O) groups excluding carboxylic acids is 1. The molecule has 1 aromatic carbocycles. The van der Waals surface area contributed by atoms with Crippen LogP contribution in [0.25, 0.3) is 33.5 Å². The maximum absolute atomic E-state index is 12.4. The largest absolute Gasteiger partial charge is 0.496 e. The van der Waals surface area contributed by atoms with Crippen LogP contribution in [0.5, 0.6) is 5.75 Å². The maximum Gasteiger partial charge on any atom is 0.262 e. The van der Waals surface area contributed by atoms with Gasteiger partial charge in [0.2, 0.25) is 5.60 Å². The highest BCUT2D eigenvalue weighted by atomic mass is 16.5. The van der Waals surface area contributed by atoms with Gasteiger partial charge in [0.15, 0.2) is 11.4 Å². The lowest BCUT2D eigenvalue weighted by atomic mass is 9.97. The molecular weight excluding hydrogens is 410 g/mol. The lowest BCUT2D eigenvalue weighted by Gasteiger charge is -2.16. The normalized spacial score (nSPS) is 18.7. The summed E-state index contributed by atoms with van der Waals surface area (Å²) in [4.78, 5) is 18.6. The molecule has 0 spiro atoms. The molecule has 0 aliphatic carbocycles. The molecule has 0 saturated carbocycles. The summed E-state index contributed by atoms with van der Waals surface area (Å²) < 4.78 is 12.7. The Morgan fingerprint density at radius 1 is 1.16 bits per heavy atom. The Labute approximate surface area is 184 Å². The van der Waals surface area contributed by atoms with Crippen molar-refractivity contribution in [2.75, 3.05) is 20.7 Å². The maximum atomic E-state index is 12.4. The van der Waals surface area contributed by atoms with E-state index in [-0.39, 0.29) is 18.1 Å². The Morgan fingerprint density at radius 2 is 1.91 bits per heavy atom. The SMILES string of the molecule is COc1cc(-c2cccc(-c3cc([C@]4(O)CCN(C)C4=O)on3)c2)nc2c1c(C)nn2C. The number of amides is 1. The predicted molar refractivity (Wildman–Crippen MR) is 117 cm³/mol. The molecule has 0 radical (unpaired) electrons. The van der Waals surface area contributed by atoms with Crippen molar-refractivity contribution in [2.45, 2.75) is 18.9 Å². The van der Waals surface area contributed by atoms with E-state index in [4.69, 9.17) is 14.2 Å². The highest BCUT2D eigenvalue weighted by Crippen LogP contribution is 2.36. The number of likely N-dealkylation sites (tertiary alicyclic amines) is 1. The van der Waals surface area contributed by atoms with Gasteiger partial charge in [-0.25, -0.2) is 4.98 Å². The van der Waals surface area contributed by atoms with Gasteiger partial charge in [0.05, 0.1) is 23.9 Å². The minimum atomic E-state index is -1.67. The van der Waals surface area contributed by atoms with Crippen LogP contribution in [0.2, 0.25) is 0 Å². The number of aromatic nitrogens is 4. The van der Waals surface area contributed by atoms with Crippen LogP contribution >= 0.6 is 0 Å². The van der Waals surface area contributed by atoms with Crippen LogP contribution in [-0.4, -0.2) is 56.5 Å². The molecule has 0 bridgehead atoms. The third-order valence-electron chi connectivity index (χ3n) is 6.03. The topological polar surface area (TPSA) is 107 Å². The fourth-order valence-electron chi connectivity index (χ4n) is 4.24. The third kappa shape index (κ3) is 2.96. The van der Waals surface area contributed by atoms with Crippen LogP contribution in [0.15, 0.2) is 40.9 Å². The van der Waals surface area contributed by atoms with Crippen molar-refractivity contribution in [2.24, 2.45) is 7.05 Å². The zero-order valence-corrected chi connectivity index (χ0v) is 18.3. The number of nitrogens with zero attached hydrogens (tertiary/aromatic N) is 5. The van der Waals surface area contributed by atoms with Crippen molar-refractivity contribution in [3.8, 4) is 28.3 Å². The number of aryl methyl sites for hydroxylation is 2. The van der Waals surface area contributed by atoms with Crippen molar-refractivity contribution in [3.63, 3.8) is 0 Å². The van der Waals surface area contributed by atoms with Gasteiger partial charge in [-0.05, 0) is 13.0 Å². The smallest absolute Gasteiger partial charge is 0.262 e. The highest BCUT2D eigenvalue weighted by Gasteiger charge is 2.48. The number of hydrogen-bond acceptors (Lipinski definition) is 7. The standard InChI is InChI=1S/C23H23N5O4/c1-13-20-18(31-4)11-16(24-21(20)28(3)25-13)14-6-5-7-15(10-14)17-12-19(32-26-17)23(30)8-9-27(2)22(23)29/h5-7,10-12,30H,8-9H2,1-4H3/t23-/m1/s1. The van der Waals surface area contributed by atoms with Gasteiger partial charge in [-0.2, -0.15) is 5.10 Å². The second kappa shape index (κ2) is 7.16. The summed E-state index contributed by atoms with van der Waals surface area (Å²) in [7, 11) is 5.14. The van der Waals surface area contributed by atoms with Gasteiger partial charge < -0.3 is 19.3 Å². The number of aliphatic hydroxyl groups is 1. The molecule has 9 nitrogen and oxygen atoms in total. The molecule has 1 N–H and O–H groups in total. The average molecular weight is 433 g/mol. The fourth-order valence-corrected chi connectivity index (χ4v) is 4.24. The van der Waals surface area contributed by atoms with Crippen molar-refractivity contribution in [1.29, 1.82) is 0 Å².